The van der Waals surface area contributed by atoms with Crippen LogP contribution >= 0.6 is 0 Å². The lowest BCUT2D eigenvalue weighted by Crippen LogP contribution is -2.17. The lowest BCUT2D eigenvalue weighted by molar-refractivity contribution is 0.417. The maximum atomic E-state index is 5.44. The molecule has 1 aliphatic carbocycles. The van der Waals surface area contributed by atoms with Crippen molar-refractivity contribution in [1.29, 1.82) is 0 Å². The molecule has 1 aromatic carbocycles. The number of hydrogen-bond donors (Lipinski definition) is 2. The fourth-order valence-corrected chi connectivity index (χ4v) is 3.36. The molecule has 6 nitrogen and oxygen atoms in total. The van der Waals surface area contributed by atoms with Gasteiger partial charge in [0.15, 0.2) is 0 Å². The minimum absolute atomic E-state index is 0.433. The lowest BCUT2D eigenvalue weighted by atomic mass is 10.2. The number of methoxy groups -OCH3 is 1. The molecule has 0 spiro atoms. The van der Waals surface area contributed by atoms with Crippen molar-refractivity contribution in [3.63, 3.8) is 0 Å². The van der Waals surface area contributed by atoms with Crippen molar-refractivity contribution in [2.75, 3.05) is 17.7 Å². The number of nitrogens with zero attached hydrogens (tertiary/aromatic N) is 3. The molecule has 2 N–H and O–H groups in total. The van der Waals surface area contributed by atoms with E-state index in [1.54, 1.807) is 13.3 Å². The molecule has 138 valence electrons. The second kappa shape index (κ2) is 8.03. The second-order valence-corrected chi connectivity index (χ2v) is 6.63. The smallest absolute Gasteiger partial charge is 0.225 e. The number of ether oxygens (including phenoxy) is 1. The Balaban J connectivity index is 1.68. The van der Waals surface area contributed by atoms with Gasteiger partial charge in [-0.1, -0.05) is 31.0 Å². The Hall–Kier alpha value is -3.15. The zero-order chi connectivity index (χ0) is 18.5. The van der Waals surface area contributed by atoms with Gasteiger partial charge in [0.05, 0.1) is 24.2 Å². The summed E-state index contributed by atoms with van der Waals surface area (Å²) in [5.41, 5.74) is 2.46. The van der Waals surface area contributed by atoms with E-state index in [1.807, 2.05) is 48.5 Å². The van der Waals surface area contributed by atoms with E-state index in [0.29, 0.717) is 17.8 Å². The fraction of sp³-hybridized carbons (Fsp3) is 0.286. The van der Waals surface area contributed by atoms with E-state index < -0.39 is 0 Å². The molecule has 6 heteroatoms. The first-order valence-electron chi connectivity index (χ1n) is 9.29. The molecule has 0 saturated heterocycles. The third kappa shape index (κ3) is 4.16. The van der Waals surface area contributed by atoms with Gasteiger partial charge in [0.25, 0.3) is 0 Å². The Kier molecular flexibility index (Phi) is 5.14. The number of aromatic nitrogens is 3. The van der Waals surface area contributed by atoms with Crippen molar-refractivity contribution in [3.8, 4) is 17.1 Å². The minimum atomic E-state index is 0.433. The molecule has 2 heterocycles. The van der Waals surface area contributed by atoms with E-state index >= 15 is 0 Å². The molecule has 1 fully saturated rings. The standard InChI is InChI=1S/C21H23N5O/c1-27-19-12-5-4-11-17(19)24-20-14-18(16-10-6-7-13-22-16)25-21(26-20)23-15-8-2-3-9-15/h4-7,10-15H,2-3,8-9H2,1H3,(H2,23,24,25,26). The van der Waals surface area contributed by atoms with E-state index in [-0.39, 0.29) is 0 Å². The van der Waals surface area contributed by atoms with E-state index in [4.69, 9.17) is 9.72 Å². The van der Waals surface area contributed by atoms with Crippen LogP contribution in [-0.2, 0) is 0 Å². The zero-order valence-corrected chi connectivity index (χ0v) is 15.4. The molecule has 4 rings (SSSR count). The predicted octanol–water partition coefficient (Wildman–Crippen LogP) is 4.65. The summed E-state index contributed by atoms with van der Waals surface area (Å²) < 4.78 is 5.44. The van der Waals surface area contributed by atoms with Gasteiger partial charge < -0.3 is 15.4 Å². The minimum Gasteiger partial charge on any atom is -0.495 e. The maximum Gasteiger partial charge on any atom is 0.225 e. The normalized spacial score (nSPS) is 14.1. The average molecular weight is 361 g/mol. The van der Waals surface area contributed by atoms with Crippen LogP contribution < -0.4 is 15.4 Å². The molecular weight excluding hydrogens is 338 g/mol. The first-order valence-corrected chi connectivity index (χ1v) is 9.29. The number of nitrogens with one attached hydrogen (secondary N) is 2. The summed E-state index contributed by atoms with van der Waals surface area (Å²) in [5.74, 6) is 2.10. The molecule has 0 bridgehead atoms. The van der Waals surface area contributed by atoms with E-state index in [9.17, 15) is 0 Å². The second-order valence-electron chi connectivity index (χ2n) is 6.63. The molecule has 0 aliphatic heterocycles. The van der Waals surface area contributed by atoms with Crippen LogP contribution in [0.2, 0.25) is 0 Å². The molecule has 1 saturated carbocycles. The highest BCUT2D eigenvalue weighted by Crippen LogP contribution is 2.29. The van der Waals surface area contributed by atoms with Crippen LogP contribution in [0, 0.1) is 0 Å². The van der Waals surface area contributed by atoms with Crippen LogP contribution in [0.15, 0.2) is 54.7 Å². The largest absolute Gasteiger partial charge is 0.495 e. The first-order chi connectivity index (χ1) is 13.3. The highest BCUT2D eigenvalue weighted by Gasteiger charge is 2.17. The zero-order valence-electron chi connectivity index (χ0n) is 15.4. The van der Waals surface area contributed by atoms with Crippen LogP contribution in [-0.4, -0.2) is 28.1 Å². The topological polar surface area (TPSA) is 72.0 Å². The molecule has 27 heavy (non-hydrogen) atoms. The summed E-state index contributed by atoms with van der Waals surface area (Å²) in [5, 5.41) is 6.84. The first kappa shape index (κ1) is 17.3. The van der Waals surface area contributed by atoms with Gasteiger partial charge in [0, 0.05) is 18.3 Å². The van der Waals surface area contributed by atoms with Gasteiger partial charge in [-0.2, -0.15) is 4.98 Å². The number of hydrogen-bond acceptors (Lipinski definition) is 6. The quantitative estimate of drug-likeness (QED) is 0.666. The van der Waals surface area contributed by atoms with E-state index in [0.717, 1.165) is 35.7 Å². The van der Waals surface area contributed by atoms with Crippen molar-refractivity contribution in [2.24, 2.45) is 0 Å². The van der Waals surface area contributed by atoms with Crippen LogP contribution in [0.5, 0.6) is 5.75 Å². The number of anilines is 3. The highest BCUT2D eigenvalue weighted by atomic mass is 16.5. The van der Waals surface area contributed by atoms with E-state index in [2.05, 4.69) is 20.6 Å². The van der Waals surface area contributed by atoms with Crippen molar-refractivity contribution >= 4 is 17.5 Å². The van der Waals surface area contributed by atoms with Gasteiger partial charge in [-0.05, 0) is 37.1 Å². The van der Waals surface area contributed by atoms with Crippen LogP contribution in [0.1, 0.15) is 25.7 Å². The lowest BCUT2D eigenvalue weighted by Gasteiger charge is -2.15. The molecule has 2 aromatic heterocycles. The number of benzene rings is 1. The Labute approximate surface area is 159 Å². The van der Waals surface area contributed by atoms with Gasteiger partial charge in [-0.15, -0.1) is 0 Å². The van der Waals surface area contributed by atoms with Crippen molar-refractivity contribution < 1.29 is 4.74 Å². The van der Waals surface area contributed by atoms with E-state index in [1.165, 1.54) is 12.8 Å². The summed E-state index contributed by atoms with van der Waals surface area (Å²) in [6, 6.07) is 15.9. The average Bonchev–Trinajstić information content (AvgIpc) is 3.22. The SMILES string of the molecule is COc1ccccc1Nc1cc(-c2ccccn2)nc(NC2CCCC2)n1. The third-order valence-electron chi connectivity index (χ3n) is 4.71. The highest BCUT2D eigenvalue weighted by molar-refractivity contribution is 5.68. The molecule has 0 atom stereocenters. The van der Waals surface area contributed by atoms with Crippen molar-refractivity contribution in [2.45, 2.75) is 31.7 Å². The summed E-state index contributed by atoms with van der Waals surface area (Å²) in [6.07, 6.45) is 6.60. The Morgan fingerprint density at radius 3 is 2.56 bits per heavy atom. The fourth-order valence-electron chi connectivity index (χ4n) is 3.36. The van der Waals surface area contributed by atoms with Crippen molar-refractivity contribution in [3.05, 3.63) is 54.7 Å². The molecule has 0 amide bonds. The third-order valence-corrected chi connectivity index (χ3v) is 4.71. The van der Waals surface area contributed by atoms with Crippen LogP contribution in [0.3, 0.4) is 0 Å². The van der Waals surface area contributed by atoms with Gasteiger partial charge in [0.2, 0.25) is 5.95 Å². The van der Waals surface area contributed by atoms with Gasteiger partial charge in [-0.25, -0.2) is 4.98 Å². The van der Waals surface area contributed by atoms with Crippen LogP contribution in [0.4, 0.5) is 17.5 Å². The number of pyridine rings is 1. The Morgan fingerprint density at radius 2 is 1.78 bits per heavy atom. The summed E-state index contributed by atoms with van der Waals surface area (Å²) in [6.45, 7) is 0. The number of rotatable bonds is 6. The van der Waals surface area contributed by atoms with Crippen LogP contribution in [0.25, 0.3) is 11.4 Å². The summed E-state index contributed by atoms with van der Waals surface area (Å²) in [7, 11) is 1.66. The Bertz CT molecular complexity index is 894. The molecule has 1 aliphatic rings. The van der Waals surface area contributed by atoms with Crippen molar-refractivity contribution in [1.82, 2.24) is 15.0 Å². The summed E-state index contributed by atoms with van der Waals surface area (Å²) >= 11 is 0. The predicted molar refractivity (Wildman–Crippen MR) is 107 cm³/mol. The molecule has 3 aromatic rings. The van der Waals surface area contributed by atoms with Gasteiger partial charge in [0.1, 0.15) is 11.6 Å². The molecular formula is C21H23N5O. The van der Waals surface area contributed by atoms with Gasteiger partial charge in [-0.3, -0.25) is 4.98 Å². The molecule has 0 unspecified atom stereocenters. The maximum absolute atomic E-state index is 5.44. The Morgan fingerprint density at radius 1 is 0.963 bits per heavy atom. The molecule has 0 radical (unpaired) electrons. The monoisotopic (exact) mass is 361 g/mol. The van der Waals surface area contributed by atoms with Gasteiger partial charge >= 0.3 is 0 Å². The summed E-state index contributed by atoms with van der Waals surface area (Å²) in [4.78, 5) is 13.8. The number of para-hydroxylation sites is 2.